The third-order valence-electron chi connectivity index (χ3n) is 11.7. The summed E-state index contributed by atoms with van der Waals surface area (Å²) in [5.41, 5.74) is -0.276. The highest BCUT2D eigenvalue weighted by Crippen LogP contribution is 2.52. The minimum Gasteiger partial charge on any atom is -0.495 e. The number of rotatable bonds is 12. The summed E-state index contributed by atoms with van der Waals surface area (Å²) < 4.78 is 18.0. The molecule has 1 aliphatic heterocycles. The topological polar surface area (TPSA) is 169 Å². The monoisotopic (exact) mass is 795 g/mol. The lowest BCUT2D eigenvalue weighted by Crippen LogP contribution is -2.59. The van der Waals surface area contributed by atoms with Gasteiger partial charge in [0.15, 0.2) is 0 Å². The van der Waals surface area contributed by atoms with E-state index in [-0.39, 0.29) is 30.9 Å². The summed E-state index contributed by atoms with van der Waals surface area (Å²) in [5.74, 6) is -0.133. The average Bonchev–Trinajstić information content (AvgIpc) is 3.77. The van der Waals surface area contributed by atoms with Crippen molar-refractivity contribution in [2.24, 2.45) is 23.2 Å². The normalized spacial score (nSPS) is 27.4. The molecule has 3 aromatic rings. The number of halogens is 1. The first kappa shape index (κ1) is 39.1. The average molecular weight is 796 g/mol. The molecule has 1 aromatic carbocycles. The number of likely N-dealkylation sites (tertiary alicyclic amines) is 1. The number of carbonyl (C=O) groups excluding carboxylic acids is 3. The summed E-state index contributed by atoms with van der Waals surface area (Å²) >= 11 is 8.27. The summed E-state index contributed by atoms with van der Waals surface area (Å²) in [6.45, 7) is 11.5. The molecule has 3 aliphatic carbocycles. The molecule has 0 bridgehead atoms. The molecule has 55 heavy (non-hydrogen) atoms. The zero-order valence-electron chi connectivity index (χ0n) is 32.3. The van der Waals surface area contributed by atoms with Gasteiger partial charge in [0.25, 0.3) is 0 Å². The molecule has 13 nitrogen and oxygen atoms in total. The van der Waals surface area contributed by atoms with E-state index in [0.717, 1.165) is 18.5 Å². The molecule has 15 heteroatoms. The Morgan fingerprint density at radius 3 is 2.40 bits per heavy atom. The quantitative estimate of drug-likeness (QED) is 0.177. The zero-order chi connectivity index (χ0) is 39.6. The molecule has 7 rings (SSSR count). The Bertz CT molecular complexity index is 2010. The van der Waals surface area contributed by atoms with Gasteiger partial charge < -0.3 is 34.9 Å². The van der Waals surface area contributed by atoms with Gasteiger partial charge in [-0.25, -0.2) is 19.6 Å². The van der Waals surface area contributed by atoms with Crippen LogP contribution in [0.25, 0.3) is 21.6 Å². The molecule has 4 fully saturated rings. The van der Waals surface area contributed by atoms with Gasteiger partial charge in [-0.3, -0.25) is 9.59 Å². The maximum Gasteiger partial charge on any atom is 0.408 e. The van der Waals surface area contributed by atoms with Crippen LogP contribution in [-0.4, -0.2) is 87.3 Å². The first-order valence-electron chi connectivity index (χ1n) is 19.2. The fourth-order valence-electron chi connectivity index (χ4n) is 8.26. The molecule has 3 saturated carbocycles. The van der Waals surface area contributed by atoms with Gasteiger partial charge in [-0.05, 0) is 66.9 Å². The van der Waals surface area contributed by atoms with E-state index in [0.29, 0.717) is 62.8 Å². The number of nitrogens with zero attached hydrogens (tertiary/aromatic N) is 3. The fourth-order valence-corrected chi connectivity index (χ4v) is 9.49. The van der Waals surface area contributed by atoms with Crippen molar-refractivity contribution in [3.05, 3.63) is 34.3 Å². The number of thiazole rings is 1. The molecular weight excluding hydrogens is 746 g/mol. The first-order chi connectivity index (χ1) is 26.0. The van der Waals surface area contributed by atoms with Crippen LogP contribution in [0.1, 0.15) is 91.7 Å². The largest absolute Gasteiger partial charge is 0.495 e. The number of methoxy groups -OCH3 is 1. The fraction of sp³-hybridized carbons (Fsp3) is 0.600. The van der Waals surface area contributed by atoms with Gasteiger partial charge in [0, 0.05) is 23.3 Å². The summed E-state index contributed by atoms with van der Waals surface area (Å²) in [6, 6.07) is 3.16. The highest BCUT2D eigenvalue weighted by molar-refractivity contribution is 7.13. The van der Waals surface area contributed by atoms with E-state index in [1.54, 1.807) is 18.2 Å². The van der Waals surface area contributed by atoms with Gasteiger partial charge in [0.2, 0.25) is 11.8 Å². The number of alkyl carbamates (subject to hydrolysis) is 1. The zero-order valence-corrected chi connectivity index (χ0v) is 33.9. The number of carboxylic acids is 1. The van der Waals surface area contributed by atoms with Gasteiger partial charge >= 0.3 is 12.1 Å². The Morgan fingerprint density at radius 1 is 1.07 bits per heavy atom. The summed E-state index contributed by atoms with van der Waals surface area (Å²) in [5, 5.41) is 19.3. The number of aromatic nitrogens is 2. The molecule has 1 unspecified atom stereocenters. The Morgan fingerprint density at radius 2 is 1.80 bits per heavy atom. The number of aliphatic carboxylic acids is 1. The first-order valence-corrected chi connectivity index (χ1v) is 20.4. The highest BCUT2D eigenvalue weighted by atomic mass is 35.5. The maximum absolute atomic E-state index is 14.7. The maximum atomic E-state index is 14.7. The van der Waals surface area contributed by atoms with Gasteiger partial charge in [-0.2, -0.15) is 0 Å². The molecule has 1 saturated heterocycles. The third kappa shape index (κ3) is 7.68. The van der Waals surface area contributed by atoms with E-state index in [4.69, 9.17) is 35.8 Å². The van der Waals surface area contributed by atoms with Crippen LogP contribution in [0.4, 0.5) is 4.79 Å². The van der Waals surface area contributed by atoms with Crippen LogP contribution in [0.3, 0.4) is 0 Å². The van der Waals surface area contributed by atoms with Crippen molar-refractivity contribution in [3.8, 4) is 22.2 Å². The number of carbonyl (C=O) groups is 4. The summed E-state index contributed by atoms with van der Waals surface area (Å²) in [7, 11) is 1.52. The molecule has 4 aliphatic rings. The Labute approximate surface area is 329 Å². The van der Waals surface area contributed by atoms with E-state index in [9.17, 15) is 24.3 Å². The van der Waals surface area contributed by atoms with Gasteiger partial charge in [-0.15, -0.1) is 11.3 Å². The number of pyridine rings is 1. The van der Waals surface area contributed by atoms with E-state index in [2.05, 4.69) is 24.5 Å². The second kappa shape index (κ2) is 14.7. The number of hydrogen-bond acceptors (Lipinski definition) is 10. The minimum atomic E-state index is -1.40. The van der Waals surface area contributed by atoms with Crippen molar-refractivity contribution >= 4 is 57.7 Å². The minimum absolute atomic E-state index is 0.0126. The van der Waals surface area contributed by atoms with Gasteiger partial charge in [-0.1, -0.05) is 59.6 Å². The van der Waals surface area contributed by atoms with Crippen molar-refractivity contribution in [1.29, 1.82) is 0 Å². The predicted molar refractivity (Wildman–Crippen MR) is 207 cm³/mol. The predicted octanol–water partition coefficient (Wildman–Crippen LogP) is 6.80. The van der Waals surface area contributed by atoms with Crippen molar-refractivity contribution < 1.29 is 38.5 Å². The second-order valence-electron chi connectivity index (χ2n) is 17.0. The number of fused-ring (bicyclic) bond motifs is 2. The number of hydrogen-bond donors (Lipinski definition) is 3. The second-order valence-corrected chi connectivity index (χ2v) is 18.2. The number of amides is 3. The summed E-state index contributed by atoms with van der Waals surface area (Å²) in [4.78, 5) is 65.6. The third-order valence-corrected chi connectivity index (χ3v) is 13.0. The lowest BCUT2D eigenvalue weighted by atomic mass is 9.85. The number of nitrogens with one attached hydrogen (secondary N) is 2. The van der Waals surface area contributed by atoms with Crippen LogP contribution in [-0.2, 0) is 19.1 Å². The smallest absolute Gasteiger partial charge is 0.408 e. The van der Waals surface area contributed by atoms with Crippen LogP contribution in [0, 0.1) is 23.2 Å². The van der Waals surface area contributed by atoms with E-state index in [1.807, 2.05) is 33.1 Å². The molecule has 2 aromatic heterocycles. The van der Waals surface area contributed by atoms with Crippen LogP contribution in [0.5, 0.6) is 11.5 Å². The molecule has 296 valence electrons. The molecule has 8 atom stereocenters. The standard InChI is InChI=1S/C40H50ClN5O8S/c1-8-22-16-40(22,37(49)50)45-34(47)28-14-24(17-46(28)36(48)33(39(4,5)6)44-38(51)54-23-12-20-11-21(20)13-23)53-30-15-26(35-43-27(18-55-35)19(2)3)42-32-25(30)9-10-29(52-7)31(32)41/h9-10,15,18-24,28,33H,8,11-14,16-17H2,1-7H3,(H,44,51)(H,45,47)(H,49,50)/t20-,21+,22-,23?,24-,28+,33-,40-/m1/s1. The summed E-state index contributed by atoms with van der Waals surface area (Å²) in [6.07, 6.45) is 2.21. The van der Waals surface area contributed by atoms with Crippen LogP contribution >= 0.6 is 22.9 Å². The van der Waals surface area contributed by atoms with Crippen molar-refractivity contribution in [1.82, 2.24) is 25.5 Å². The highest BCUT2D eigenvalue weighted by Gasteiger charge is 2.61. The van der Waals surface area contributed by atoms with Crippen LogP contribution in [0.15, 0.2) is 23.6 Å². The lowest BCUT2D eigenvalue weighted by Gasteiger charge is -2.35. The van der Waals surface area contributed by atoms with Crippen molar-refractivity contribution in [3.63, 3.8) is 0 Å². The van der Waals surface area contributed by atoms with E-state index >= 15 is 0 Å². The number of carboxylic acid groups (broad SMARTS) is 1. The molecule has 3 amide bonds. The Kier molecular flexibility index (Phi) is 10.5. The molecule has 0 radical (unpaired) electrons. The molecule has 3 heterocycles. The molecular formula is C40H50ClN5O8S. The molecule has 0 spiro atoms. The van der Waals surface area contributed by atoms with Gasteiger partial charge in [0.1, 0.15) is 57.1 Å². The molecule has 3 N–H and O–H groups in total. The van der Waals surface area contributed by atoms with Crippen LogP contribution < -0.4 is 20.1 Å². The van der Waals surface area contributed by atoms with Crippen LogP contribution in [0.2, 0.25) is 5.02 Å². The Hall–Kier alpha value is -4.17. The van der Waals surface area contributed by atoms with Crippen molar-refractivity contribution in [2.75, 3.05) is 13.7 Å². The number of benzene rings is 1. The Balaban J connectivity index is 1.20. The SMILES string of the molecule is CC[C@@H]1C[C@]1(NC(=O)[C@@H]1C[C@@H](Oc2cc(-c3nc(C(C)C)cs3)nc3c(Cl)c(OC)ccc23)CN1C(=O)[C@@H](NC(=O)OC1C[C@@H]2C[C@@H]2C1)C(C)(C)C)C(=O)O. The lowest BCUT2D eigenvalue weighted by molar-refractivity contribution is -0.146. The van der Waals surface area contributed by atoms with Gasteiger partial charge in [0.05, 0.1) is 24.9 Å². The van der Waals surface area contributed by atoms with E-state index < -0.39 is 53.0 Å². The van der Waals surface area contributed by atoms with E-state index in [1.165, 1.54) is 29.8 Å². The van der Waals surface area contributed by atoms with Crippen molar-refractivity contribution in [2.45, 2.75) is 116 Å². The number of ether oxygens (including phenoxy) is 3.